The number of aromatic nitrogens is 4. The topological polar surface area (TPSA) is 104 Å². The van der Waals surface area contributed by atoms with Gasteiger partial charge in [0.05, 0.1) is 0 Å². The average Bonchev–Trinajstić information content (AvgIpc) is 3.01. The van der Waals surface area contributed by atoms with Gasteiger partial charge in [-0.05, 0) is 30.2 Å². The summed E-state index contributed by atoms with van der Waals surface area (Å²) in [7, 11) is 0. The van der Waals surface area contributed by atoms with Crippen LogP contribution in [0.25, 0.3) is 11.4 Å². The summed E-state index contributed by atoms with van der Waals surface area (Å²) < 4.78 is 0. The summed E-state index contributed by atoms with van der Waals surface area (Å²) in [5.41, 5.74) is 1.35. The van der Waals surface area contributed by atoms with Crippen molar-refractivity contribution in [2.24, 2.45) is 0 Å². The van der Waals surface area contributed by atoms with Gasteiger partial charge in [0.15, 0.2) is 0 Å². The highest BCUT2D eigenvalue weighted by molar-refractivity contribution is 5.94. The Morgan fingerprint density at radius 3 is 2.70 bits per heavy atom. The van der Waals surface area contributed by atoms with Crippen molar-refractivity contribution in [1.29, 1.82) is 0 Å². The number of tetrazole rings is 1. The van der Waals surface area contributed by atoms with Crippen LogP contribution < -0.4 is 5.32 Å². The van der Waals surface area contributed by atoms with Crippen LogP contribution in [0.15, 0.2) is 24.3 Å². The number of aliphatic hydroxyl groups is 1. The van der Waals surface area contributed by atoms with Gasteiger partial charge in [-0.25, -0.2) is 0 Å². The average molecular weight is 275 g/mol. The summed E-state index contributed by atoms with van der Waals surface area (Å²) in [6, 6.07) is 6.96. The van der Waals surface area contributed by atoms with Crippen LogP contribution >= 0.6 is 0 Å². The van der Waals surface area contributed by atoms with Crippen LogP contribution in [-0.4, -0.2) is 44.3 Å². The Morgan fingerprint density at radius 2 is 2.15 bits per heavy atom. The molecule has 2 rings (SSSR count). The van der Waals surface area contributed by atoms with Crippen LogP contribution in [0.3, 0.4) is 0 Å². The predicted octanol–water partition coefficient (Wildman–Crippen LogP) is 0.757. The zero-order valence-electron chi connectivity index (χ0n) is 11.2. The van der Waals surface area contributed by atoms with Crippen LogP contribution in [0.2, 0.25) is 0 Å². The fraction of sp³-hybridized carbons (Fsp3) is 0.385. The summed E-state index contributed by atoms with van der Waals surface area (Å²) in [6.07, 6.45) is 1.34. The van der Waals surface area contributed by atoms with Gasteiger partial charge in [-0.2, -0.15) is 5.21 Å². The van der Waals surface area contributed by atoms with Gasteiger partial charge in [-0.3, -0.25) is 4.79 Å². The van der Waals surface area contributed by atoms with Crippen molar-refractivity contribution < 1.29 is 9.90 Å². The van der Waals surface area contributed by atoms with E-state index in [0.29, 0.717) is 17.8 Å². The molecule has 0 aliphatic carbocycles. The quantitative estimate of drug-likeness (QED) is 0.722. The van der Waals surface area contributed by atoms with E-state index >= 15 is 0 Å². The number of H-pyrrole nitrogens is 1. The minimum atomic E-state index is -0.148. The monoisotopic (exact) mass is 275 g/mol. The molecule has 7 nitrogen and oxygen atoms in total. The number of nitrogens with one attached hydrogen (secondary N) is 2. The minimum absolute atomic E-state index is 0.00983. The maximum absolute atomic E-state index is 12.0. The molecular formula is C13H17N5O2. The Labute approximate surface area is 116 Å². The van der Waals surface area contributed by atoms with Crippen molar-refractivity contribution in [3.63, 3.8) is 0 Å². The molecular weight excluding hydrogens is 258 g/mol. The van der Waals surface area contributed by atoms with Gasteiger partial charge in [-0.15, -0.1) is 10.2 Å². The Bertz CT molecular complexity index is 538. The van der Waals surface area contributed by atoms with E-state index in [4.69, 9.17) is 5.11 Å². The third-order valence-corrected chi connectivity index (χ3v) is 3.06. The van der Waals surface area contributed by atoms with Crippen molar-refractivity contribution in [1.82, 2.24) is 25.9 Å². The number of aromatic amines is 1. The van der Waals surface area contributed by atoms with Crippen molar-refractivity contribution in [2.75, 3.05) is 6.61 Å². The molecule has 1 atom stereocenters. The highest BCUT2D eigenvalue weighted by atomic mass is 16.3. The lowest BCUT2D eigenvalue weighted by Crippen LogP contribution is -2.35. The molecule has 0 aliphatic rings. The number of rotatable bonds is 6. The maximum Gasteiger partial charge on any atom is 0.251 e. The first kappa shape index (κ1) is 14.1. The lowest BCUT2D eigenvalue weighted by molar-refractivity contribution is 0.0929. The number of hydrogen-bond acceptors (Lipinski definition) is 5. The summed E-state index contributed by atoms with van der Waals surface area (Å²) in [5, 5.41) is 25.4. The zero-order chi connectivity index (χ0) is 14.4. The Kier molecular flexibility index (Phi) is 4.78. The Morgan fingerprint density at radius 1 is 1.40 bits per heavy atom. The number of benzene rings is 1. The lowest BCUT2D eigenvalue weighted by Gasteiger charge is -2.15. The molecule has 0 radical (unpaired) electrons. The van der Waals surface area contributed by atoms with E-state index in [9.17, 15) is 4.79 Å². The molecule has 1 unspecified atom stereocenters. The fourth-order valence-electron chi connectivity index (χ4n) is 1.86. The van der Waals surface area contributed by atoms with Crippen molar-refractivity contribution in [3.05, 3.63) is 29.8 Å². The summed E-state index contributed by atoms with van der Waals surface area (Å²) in [6.45, 7) is 2.04. The molecule has 0 saturated heterocycles. The SMILES string of the molecule is CCC(CCO)NC(=O)c1ccc(-c2nn[nH]n2)cc1. The summed E-state index contributed by atoms with van der Waals surface area (Å²) >= 11 is 0. The maximum atomic E-state index is 12.0. The standard InChI is InChI=1S/C13H17N5O2/c1-2-11(7-8-19)14-13(20)10-5-3-9(4-6-10)12-15-17-18-16-12/h3-6,11,19H,2,7-8H2,1H3,(H,14,20)(H,15,16,17,18). The van der Waals surface area contributed by atoms with Gasteiger partial charge >= 0.3 is 0 Å². The van der Waals surface area contributed by atoms with E-state index in [-0.39, 0.29) is 18.6 Å². The Balaban J connectivity index is 2.04. The van der Waals surface area contributed by atoms with Gasteiger partial charge in [0, 0.05) is 23.8 Å². The molecule has 1 aromatic heterocycles. The molecule has 0 saturated carbocycles. The number of hydrogen-bond donors (Lipinski definition) is 3. The first-order valence-electron chi connectivity index (χ1n) is 6.50. The van der Waals surface area contributed by atoms with Gasteiger partial charge in [-0.1, -0.05) is 19.1 Å². The van der Waals surface area contributed by atoms with Crippen molar-refractivity contribution >= 4 is 5.91 Å². The molecule has 20 heavy (non-hydrogen) atoms. The molecule has 1 aromatic carbocycles. The molecule has 3 N–H and O–H groups in total. The van der Waals surface area contributed by atoms with Crippen LogP contribution in [0.4, 0.5) is 0 Å². The molecule has 1 amide bonds. The van der Waals surface area contributed by atoms with E-state index in [1.54, 1.807) is 24.3 Å². The van der Waals surface area contributed by atoms with E-state index in [1.165, 1.54) is 0 Å². The van der Waals surface area contributed by atoms with Gasteiger partial charge < -0.3 is 10.4 Å². The van der Waals surface area contributed by atoms with Crippen LogP contribution in [0, 0.1) is 0 Å². The molecule has 1 heterocycles. The molecule has 106 valence electrons. The van der Waals surface area contributed by atoms with Gasteiger partial charge in [0.2, 0.25) is 5.82 Å². The zero-order valence-corrected chi connectivity index (χ0v) is 11.2. The number of aliphatic hydroxyl groups excluding tert-OH is 1. The highest BCUT2D eigenvalue weighted by Crippen LogP contribution is 2.14. The molecule has 0 bridgehead atoms. The molecule has 2 aromatic rings. The van der Waals surface area contributed by atoms with Crippen molar-refractivity contribution in [3.8, 4) is 11.4 Å². The second-order valence-corrected chi connectivity index (χ2v) is 4.40. The molecule has 7 heteroatoms. The molecule has 0 aliphatic heterocycles. The number of amides is 1. The number of nitrogens with zero attached hydrogens (tertiary/aromatic N) is 3. The summed E-state index contributed by atoms with van der Waals surface area (Å²) in [4.78, 5) is 12.0. The van der Waals surface area contributed by atoms with E-state index in [0.717, 1.165) is 12.0 Å². The normalized spacial score (nSPS) is 12.1. The van der Waals surface area contributed by atoms with Crippen LogP contribution in [-0.2, 0) is 0 Å². The second kappa shape index (κ2) is 6.76. The number of carbonyl (C=O) groups excluding carboxylic acids is 1. The van der Waals surface area contributed by atoms with E-state index in [1.807, 2.05) is 6.92 Å². The number of carbonyl (C=O) groups is 1. The predicted molar refractivity (Wildman–Crippen MR) is 72.9 cm³/mol. The first-order valence-corrected chi connectivity index (χ1v) is 6.50. The largest absolute Gasteiger partial charge is 0.396 e. The van der Waals surface area contributed by atoms with Crippen molar-refractivity contribution in [2.45, 2.75) is 25.8 Å². The van der Waals surface area contributed by atoms with Crippen LogP contribution in [0.5, 0.6) is 0 Å². The smallest absolute Gasteiger partial charge is 0.251 e. The second-order valence-electron chi connectivity index (χ2n) is 4.40. The highest BCUT2D eigenvalue weighted by Gasteiger charge is 2.12. The first-order chi connectivity index (χ1) is 9.74. The molecule has 0 fully saturated rings. The Hall–Kier alpha value is -2.28. The van der Waals surface area contributed by atoms with E-state index < -0.39 is 0 Å². The van der Waals surface area contributed by atoms with E-state index in [2.05, 4.69) is 25.9 Å². The third-order valence-electron chi connectivity index (χ3n) is 3.06. The molecule has 0 spiro atoms. The fourth-order valence-corrected chi connectivity index (χ4v) is 1.86. The lowest BCUT2D eigenvalue weighted by atomic mass is 10.1. The third kappa shape index (κ3) is 3.39. The van der Waals surface area contributed by atoms with Crippen LogP contribution in [0.1, 0.15) is 30.1 Å². The van der Waals surface area contributed by atoms with Gasteiger partial charge in [0.1, 0.15) is 0 Å². The summed E-state index contributed by atoms with van der Waals surface area (Å²) in [5.74, 6) is 0.341. The van der Waals surface area contributed by atoms with Gasteiger partial charge in [0.25, 0.3) is 5.91 Å². The minimum Gasteiger partial charge on any atom is -0.396 e.